The van der Waals surface area contributed by atoms with E-state index >= 15 is 0 Å². The third-order valence-corrected chi connectivity index (χ3v) is 5.15. The van der Waals surface area contributed by atoms with Crippen LogP contribution in [0.25, 0.3) is 15.7 Å². The van der Waals surface area contributed by atoms with Crippen LogP contribution in [0.3, 0.4) is 0 Å². The number of aryl methyl sites for hydroxylation is 2. The molecule has 4 rings (SSSR count). The molecule has 0 atom stereocenters. The number of hydrogen-bond acceptors (Lipinski definition) is 5. The Morgan fingerprint density at radius 1 is 1.17 bits per heavy atom. The standard InChI is InChI=1S/C16H15ClN6S/c1-3-22-10(2)8-13(20-22)15-21-23-14(18-19-16(23)24-15)9-11-6-4-5-7-12(11)17/h4-8H,3,9H2,1-2H3. The molecule has 0 aliphatic heterocycles. The first kappa shape index (κ1) is 15.3. The monoisotopic (exact) mass is 358 g/mol. The molecule has 1 aromatic carbocycles. The number of benzene rings is 1. The van der Waals surface area contributed by atoms with Crippen molar-refractivity contribution in [1.82, 2.24) is 29.6 Å². The fraction of sp³-hybridized carbons (Fsp3) is 0.250. The van der Waals surface area contributed by atoms with Crippen molar-refractivity contribution in [3.8, 4) is 10.7 Å². The molecule has 4 aromatic rings. The number of rotatable bonds is 4. The van der Waals surface area contributed by atoms with Gasteiger partial charge in [-0.25, -0.2) is 0 Å². The maximum atomic E-state index is 6.24. The van der Waals surface area contributed by atoms with E-state index < -0.39 is 0 Å². The van der Waals surface area contributed by atoms with E-state index in [1.807, 2.05) is 41.9 Å². The van der Waals surface area contributed by atoms with Crippen LogP contribution < -0.4 is 0 Å². The van der Waals surface area contributed by atoms with E-state index in [0.717, 1.165) is 44.3 Å². The topological polar surface area (TPSA) is 60.9 Å². The van der Waals surface area contributed by atoms with Crippen LogP contribution in [0.1, 0.15) is 24.0 Å². The van der Waals surface area contributed by atoms with Gasteiger partial charge in [0, 0.05) is 23.7 Å². The van der Waals surface area contributed by atoms with Crippen LogP contribution in [0.2, 0.25) is 5.02 Å². The van der Waals surface area contributed by atoms with Gasteiger partial charge in [0.15, 0.2) is 10.8 Å². The van der Waals surface area contributed by atoms with Crippen molar-refractivity contribution in [2.45, 2.75) is 26.8 Å². The summed E-state index contributed by atoms with van der Waals surface area (Å²) in [5, 5.41) is 19.3. The van der Waals surface area contributed by atoms with E-state index in [2.05, 4.69) is 27.3 Å². The van der Waals surface area contributed by atoms with Crippen LogP contribution in [-0.4, -0.2) is 29.6 Å². The van der Waals surface area contributed by atoms with Crippen molar-refractivity contribution in [3.05, 3.63) is 52.4 Å². The van der Waals surface area contributed by atoms with Gasteiger partial charge < -0.3 is 0 Å². The molecular formula is C16H15ClN6S. The Balaban J connectivity index is 1.72. The lowest BCUT2D eigenvalue weighted by Gasteiger charge is -2.00. The van der Waals surface area contributed by atoms with Crippen molar-refractivity contribution < 1.29 is 0 Å². The molecule has 0 saturated heterocycles. The quantitative estimate of drug-likeness (QED) is 0.559. The lowest BCUT2D eigenvalue weighted by atomic mass is 10.1. The molecule has 0 unspecified atom stereocenters. The highest BCUT2D eigenvalue weighted by Crippen LogP contribution is 2.26. The molecule has 0 fully saturated rings. The van der Waals surface area contributed by atoms with Crippen LogP contribution >= 0.6 is 22.9 Å². The summed E-state index contributed by atoms with van der Waals surface area (Å²) < 4.78 is 3.74. The maximum absolute atomic E-state index is 6.24. The molecule has 0 spiro atoms. The highest BCUT2D eigenvalue weighted by molar-refractivity contribution is 7.19. The summed E-state index contributed by atoms with van der Waals surface area (Å²) in [4.78, 5) is 0.760. The zero-order valence-electron chi connectivity index (χ0n) is 13.3. The van der Waals surface area contributed by atoms with Crippen molar-refractivity contribution in [1.29, 1.82) is 0 Å². The van der Waals surface area contributed by atoms with Gasteiger partial charge >= 0.3 is 0 Å². The first-order valence-corrected chi connectivity index (χ1v) is 8.84. The summed E-state index contributed by atoms with van der Waals surface area (Å²) in [6.45, 7) is 4.96. The molecule has 122 valence electrons. The van der Waals surface area contributed by atoms with E-state index in [1.165, 1.54) is 11.3 Å². The second-order valence-corrected chi connectivity index (χ2v) is 6.84. The van der Waals surface area contributed by atoms with Crippen molar-refractivity contribution >= 4 is 27.9 Å². The lowest BCUT2D eigenvalue weighted by Crippen LogP contribution is -1.99. The highest BCUT2D eigenvalue weighted by Gasteiger charge is 2.16. The van der Waals surface area contributed by atoms with Gasteiger partial charge in [-0.3, -0.25) is 4.68 Å². The van der Waals surface area contributed by atoms with Crippen molar-refractivity contribution in [3.63, 3.8) is 0 Å². The Hall–Kier alpha value is -2.25. The van der Waals surface area contributed by atoms with E-state index in [1.54, 1.807) is 4.52 Å². The molecule has 0 N–H and O–H groups in total. The second kappa shape index (κ2) is 5.99. The van der Waals surface area contributed by atoms with Gasteiger partial charge in [0.1, 0.15) is 5.69 Å². The molecule has 0 saturated carbocycles. The lowest BCUT2D eigenvalue weighted by molar-refractivity contribution is 0.641. The smallest absolute Gasteiger partial charge is 0.235 e. The zero-order chi connectivity index (χ0) is 16.7. The third kappa shape index (κ3) is 2.59. The normalized spacial score (nSPS) is 11.5. The molecule has 3 aromatic heterocycles. The average Bonchev–Trinajstić information content (AvgIpc) is 3.24. The van der Waals surface area contributed by atoms with Gasteiger partial charge in [0.2, 0.25) is 4.96 Å². The molecule has 0 aliphatic carbocycles. The Bertz CT molecular complexity index is 1010. The number of halogens is 1. The molecular weight excluding hydrogens is 344 g/mol. The molecule has 24 heavy (non-hydrogen) atoms. The van der Waals surface area contributed by atoms with Crippen LogP contribution in [0.5, 0.6) is 0 Å². The summed E-state index contributed by atoms with van der Waals surface area (Å²) in [7, 11) is 0. The molecule has 3 heterocycles. The van der Waals surface area contributed by atoms with Gasteiger partial charge in [-0.15, -0.1) is 10.2 Å². The van der Waals surface area contributed by atoms with Gasteiger partial charge in [-0.05, 0) is 31.5 Å². The van der Waals surface area contributed by atoms with Gasteiger partial charge in [-0.2, -0.15) is 14.7 Å². The Kier molecular flexibility index (Phi) is 3.82. The maximum Gasteiger partial charge on any atom is 0.235 e. The fourth-order valence-corrected chi connectivity index (χ4v) is 3.63. The van der Waals surface area contributed by atoms with E-state index in [4.69, 9.17) is 11.6 Å². The number of aromatic nitrogens is 6. The number of nitrogens with zero attached hydrogens (tertiary/aromatic N) is 6. The predicted octanol–water partition coefficient (Wildman–Crippen LogP) is 3.62. The van der Waals surface area contributed by atoms with Crippen LogP contribution in [0.15, 0.2) is 30.3 Å². The molecule has 0 radical (unpaired) electrons. The SMILES string of the molecule is CCn1nc(-c2nn3c(Cc4ccccc4Cl)nnc3s2)cc1C. The zero-order valence-corrected chi connectivity index (χ0v) is 14.8. The molecule has 0 aliphatic rings. The van der Waals surface area contributed by atoms with E-state index in [-0.39, 0.29) is 0 Å². The Morgan fingerprint density at radius 3 is 2.75 bits per heavy atom. The summed E-state index contributed by atoms with van der Waals surface area (Å²) in [6.07, 6.45) is 0.590. The number of hydrogen-bond donors (Lipinski definition) is 0. The molecule has 6 nitrogen and oxygen atoms in total. The summed E-state index contributed by atoms with van der Waals surface area (Å²) in [5.41, 5.74) is 3.00. The summed E-state index contributed by atoms with van der Waals surface area (Å²) in [6, 6.07) is 9.79. The Morgan fingerprint density at radius 2 is 2.00 bits per heavy atom. The van der Waals surface area contributed by atoms with Crippen LogP contribution in [0, 0.1) is 6.92 Å². The third-order valence-electron chi connectivity index (χ3n) is 3.86. The largest absolute Gasteiger partial charge is 0.269 e. The van der Waals surface area contributed by atoms with Crippen LogP contribution in [-0.2, 0) is 13.0 Å². The first-order chi connectivity index (χ1) is 11.7. The first-order valence-electron chi connectivity index (χ1n) is 7.65. The van der Waals surface area contributed by atoms with Crippen LogP contribution in [0.4, 0.5) is 0 Å². The van der Waals surface area contributed by atoms with Crippen molar-refractivity contribution in [2.75, 3.05) is 0 Å². The minimum atomic E-state index is 0.590. The predicted molar refractivity (Wildman–Crippen MR) is 94.5 cm³/mol. The highest BCUT2D eigenvalue weighted by atomic mass is 35.5. The number of fused-ring (bicyclic) bond motifs is 1. The van der Waals surface area contributed by atoms with E-state index in [0.29, 0.717) is 6.42 Å². The second-order valence-electron chi connectivity index (χ2n) is 5.47. The minimum Gasteiger partial charge on any atom is -0.269 e. The van der Waals surface area contributed by atoms with Gasteiger partial charge in [0.05, 0.1) is 0 Å². The minimum absolute atomic E-state index is 0.590. The van der Waals surface area contributed by atoms with Gasteiger partial charge in [0.25, 0.3) is 0 Å². The molecule has 0 bridgehead atoms. The van der Waals surface area contributed by atoms with Gasteiger partial charge in [-0.1, -0.05) is 41.1 Å². The molecule has 8 heteroatoms. The average molecular weight is 359 g/mol. The van der Waals surface area contributed by atoms with Crippen molar-refractivity contribution in [2.24, 2.45) is 0 Å². The summed E-state index contributed by atoms with van der Waals surface area (Å²) in [5.74, 6) is 0.771. The summed E-state index contributed by atoms with van der Waals surface area (Å²) >= 11 is 7.73. The van der Waals surface area contributed by atoms with E-state index in [9.17, 15) is 0 Å². The molecule has 0 amide bonds. The fourth-order valence-electron chi connectivity index (χ4n) is 2.62. The Labute approximate surface area is 147 Å².